The summed E-state index contributed by atoms with van der Waals surface area (Å²) in [5.41, 5.74) is 0.908. The first-order chi connectivity index (χ1) is 13.4. The van der Waals surface area contributed by atoms with Gasteiger partial charge in [-0.1, -0.05) is 19.4 Å². The molecule has 1 aromatic rings. The van der Waals surface area contributed by atoms with Crippen molar-refractivity contribution in [1.82, 2.24) is 19.5 Å². The fourth-order valence-corrected chi connectivity index (χ4v) is 5.00. The molecule has 156 valence electrons. The number of piperazine rings is 1. The maximum Gasteiger partial charge on any atom is 0.238 e. The number of anilines is 1. The maximum atomic E-state index is 12.6. The van der Waals surface area contributed by atoms with Crippen molar-refractivity contribution in [3.8, 4) is 0 Å². The Hall–Kier alpha value is -1.71. The first-order valence-electron chi connectivity index (χ1n) is 10.0. The van der Waals surface area contributed by atoms with Crippen LogP contribution in [-0.4, -0.2) is 80.1 Å². The van der Waals surface area contributed by atoms with Gasteiger partial charge in [0.2, 0.25) is 15.9 Å². The number of aromatic nitrogens is 1. The summed E-state index contributed by atoms with van der Waals surface area (Å²) in [5, 5.41) is 2.88. The van der Waals surface area contributed by atoms with Gasteiger partial charge in [0.25, 0.3) is 0 Å². The lowest BCUT2D eigenvalue weighted by atomic mass is 10.0. The molecule has 1 amide bonds. The fourth-order valence-electron chi connectivity index (χ4n) is 3.87. The molecule has 2 aliphatic heterocycles. The summed E-state index contributed by atoms with van der Waals surface area (Å²) in [5.74, 6) is 0.728. The molecule has 2 fully saturated rings. The molecule has 1 aromatic heterocycles. The smallest absolute Gasteiger partial charge is 0.238 e. The Morgan fingerprint density at radius 3 is 2.54 bits per heavy atom. The van der Waals surface area contributed by atoms with Crippen LogP contribution in [0, 0.1) is 0 Å². The number of rotatable bonds is 6. The number of hydrogen-bond donors (Lipinski definition) is 1. The maximum absolute atomic E-state index is 12.6. The van der Waals surface area contributed by atoms with E-state index in [2.05, 4.69) is 27.0 Å². The van der Waals surface area contributed by atoms with E-state index in [4.69, 9.17) is 0 Å². The minimum absolute atomic E-state index is 0.232. The summed E-state index contributed by atoms with van der Waals surface area (Å²) in [4.78, 5) is 21.8. The van der Waals surface area contributed by atoms with E-state index in [1.807, 2.05) is 12.1 Å². The highest BCUT2D eigenvalue weighted by molar-refractivity contribution is 7.88. The number of nitrogens with zero attached hydrogens (tertiary/aromatic N) is 4. The summed E-state index contributed by atoms with van der Waals surface area (Å²) >= 11 is 0. The molecule has 0 unspecified atom stereocenters. The SMILES string of the molecule is CCN1CCN(c2ccc(CNC(=O)[C@H]3CCCCN3S(C)(=O)=O)cn2)CC1. The predicted molar refractivity (Wildman–Crippen MR) is 110 cm³/mol. The predicted octanol–water partition coefficient (Wildman–Crippen LogP) is 0.654. The summed E-state index contributed by atoms with van der Waals surface area (Å²) in [6.45, 7) is 8.07. The van der Waals surface area contributed by atoms with Crippen LogP contribution < -0.4 is 10.2 Å². The van der Waals surface area contributed by atoms with Crippen molar-refractivity contribution < 1.29 is 13.2 Å². The quantitative estimate of drug-likeness (QED) is 0.743. The van der Waals surface area contributed by atoms with Gasteiger partial charge in [0.15, 0.2) is 0 Å². The van der Waals surface area contributed by atoms with Crippen LogP contribution in [0.1, 0.15) is 31.7 Å². The standard InChI is InChI=1S/C19H31N5O3S/c1-3-22-10-12-23(13-11-22)18-8-7-16(14-20-18)15-21-19(25)17-6-4-5-9-24(17)28(2,26)27/h7-8,14,17H,3-6,9-13,15H2,1-2H3,(H,21,25)/t17-/m1/s1. The molecule has 1 N–H and O–H groups in total. The van der Waals surface area contributed by atoms with Crippen LogP contribution in [-0.2, 0) is 21.4 Å². The third-order valence-electron chi connectivity index (χ3n) is 5.60. The highest BCUT2D eigenvalue weighted by atomic mass is 32.2. The first kappa shape index (κ1) is 21.0. The van der Waals surface area contributed by atoms with Gasteiger partial charge in [-0.15, -0.1) is 0 Å². The van der Waals surface area contributed by atoms with Crippen LogP contribution in [0.5, 0.6) is 0 Å². The lowest BCUT2D eigenvalue weighted by molar-refractivity contribution is -0.125. The minimum atomic E-state index is -3.38. The Balaban J connectivity index is 1.54. The summed E-state index contributed by atoms with van der Waals surface area (Å²) < 4.78 is 25.2. The zero-order chi connectivity index (χ0) is 20.1. The molecule has 0 aliphatic carbocycles. The van der Waals surface area contributed by atoms with E-state index in [0.29, 0.717) is 19.5 Å². The monoisotopic (exact) mass is 409 g/mol. The number of hydrogen-bond acceptors (Lipinski definition) is 6. The van der Waals surface area contributed by atoms with E-state index in [-0.39, 0.29) is 5.91 Å². The Morgan fingerprint density at radius 2 is 1.93 bits per heavy atom. The molecule has 0 bridgehead atoms. The Labute approximate surface area is 168 Å². The van der Waals surface area contributed by atoms with E-state index in [0.717, 1.165) is 56.9 Å². The van der Waals surface area contributed by atoms with Crippen molar-refractivity contribution in [2.24, 2.45) is 0 Å². The molecule has 8 nitrogen and oxygen atoms in total. The normalized spacial score (nSPS) is 22.2. The zero-order valence-electron chi connectivity index (χ0n) is 16.8. The number of piperidine rings is 1. The third-order valence-corrected chi connectivity index (χ3v) is 6.89. The minimum Gasteiger partial charge on any atom is -0.354 e. The van der Waals surface area contributed by atoms with E-state index < -0.39 is 16.1 Å². The van der Waals surface area contributed by atoms with Crippen LogP contribution >= 0.6 is 0 Å². The van der Waals surface area contributed by atoms with Crippen LogP contribution in [0.25, 0.3) is 0 Å². The number of amides is 1. The summed E-state index contributed by atoms with van der Waals surface area (Å²) in [6.07, 6.45) is 5.19. The number of carbonyl (C=O) groups is 1. The van der Waals surface area contributed by atoms with Gasteiger partial charge in [0.05, 0.1) is 6.26 Å². The molecule has 0 saturated carbocycles. The molecular formula is C19H31N5O3S. The highest BCUT2D eigenvalue weighted by Crippen LogP contribution is 2.20. The second kappa shape index (κ2) is 9.19. The largest absolute Gasteiger partial charge is 0.354 e. The fraction of sp³-hybridized carbons (Fsp3) is 0.684. The van der Waals surface area contributed by atoms with Crippen LogP contribution in [0.2, 0.25) is 0 Å². The van der Waals surface area contributed by atoms with E-state index >= 15 is 0 Å². The van der Waals surface area contributed by atoms with Crippen LogP contribution in [0.3, 0.4) is 0 Å². The van der Waals surface area contributed by atoms with Crippen molar-refractivity contribution >= 4 is 21.7 Å². The van der Waals surface area contributed by atoms with Gasteiger partial charge >= 0.3 is 0 Å². The molecule has 1 atom stereocenters. The van der Waals surface area contributed by atoms with Gasteiger partial charge in [0.1, 0.15) is 11.9 Å². The van der Waals surface area contributed by atoms with Crippen LogP contribution in [0.4, 0.5) is 5.82 Å². The average Bonchev–Trinajstić information content (AvgIpc) is 2.72. The third kappa shape index (κ3) is 5.21. The molecule has 3 rings (SSSR count). The Morgan fingerprint density at radius 1 is 1.18 bits per heavy atom. The number of carbonyl (C=O) groups excluding carboxylic acids is 1. The molecule has 9 heteroatoms. The van der Waals surface area contributed by atoms with E-state index in [9.17, 15) is 13.2 Å². The van der Waals surface area contributed by atoms with Crippen molar-refractivity contribution in [2.45, 2.75) is 38.8 Å². The number of likely N-dealkylation sites (N-methyl/N-ethyl adjacent to an activating group) is 1. The second-order valence-corrected chi connectivity index (χ2v) is 9.48. The van der Waals surface area contributed by atoms with Crippen molar-refractivity contribution in [2.75, 3.05) is 50.4 Å². The van der Waals surface area contributed by atoms with Crippen molar-refractivity contribution in [3.63, 3.8) is 0 Å². The van der Waals surface area contributed by atoms with Gasteiger partial charge < -0.3 is 15.1 Å². The Bertz CT molecular complexity index is 760. The molecular weight excluding hydrogens is 378 g/mol. The van der Waals surface area contributed by atoms with Crippen LogP contribution in [0.15, 0.2) is 18.3 Å². The molecule has 3 heterocycles. The van der Waals surface area contributed by atoms with Gasteiger partial charge in [-0.25, -0.2) is 13.4 Å². The first-order valence-corrected chi connectivity index (χ1v) is 11.9. The highest BCUT2D eigenvalue weighted by Gasteiger charge is 2.34. The van der Waals surface area contributed by atoms with Gasteiger partial charge in [-0.2, -0.15) is 4.31 Å². The molecule has 2 aliphatic rings. The summed E-state index contributed by atoms with van der Waals surface area (Å²) in [6, 6.07) is 3.36. The van der Waals surface area contributed by atoms with Gasteiger partial charge in [0, 0.05) is 45.5 Å². The topological polar surface area (TPSA) is 85.9 Å². The van der Waals surface area contributed by atoms with Gasteiger partial charge in [-0.3, -0.25) is 4.79 Å². The Kier molecular flexibility index (Phi) is 6.90. The number of nitrogens with one attached hydrogen (secondary N) is 1. The summed E-state index contributed by atoms with van der Waals surface area (Å²) in [7, 11) is -3.38. The van der Waals surface area contributed by atoms with Crippen molar-refractivity contribution in [1.29, 1.82) is 0 Å². The molecule has 28 heavy (non-hydrogen) atoms. The lowest BCUT2D eigenvalue weighted by Gasteiger charge is -2.34. The molecule has 0 aromatic carbocycles. The average molecular weight is 410 g/mol. The van der Waals surface area contributed by atoms with Gasteiger partial charge in [-0.05, 0) is 31.0 Å². The van der Waals surface area contributed by atoms with E-state index in [1.54, 1.807) is 6.20 Å². The van der Waals surface area contributed by atoms with Crippen molar-refractivity contribution in [3.05, 3.63) is 23.9 Å². The number of pyridine rings is 1. The molecule has 0 radical (unpaired) electrons. The molecule has 2 saturated heterocycles. The molecule has 0 spiro atoms. The lowest BCUT2D eigenvalue weighted by Crippen LogP contribution is -2.51. The zero-order valence-corrected chi connectivity index (χ0v) is 17.6. The van der Waals surface area contributed by atoms with E-state index in [1.165, 1.54) is 10.6 Å². The second-order valence-electron chi connectivity index (χ2n) is 7.55. The number of sulfonamides is 1.